The second-order valence-corrected chi connectivity index (χ2v) is 6.27. The van der Waals surface area contributed by atoms with Crippen molar-refractivity contribution < 1.29 is 0 Å². The lowest BCUT2D eigenvalue weighted by Crippen LogP contribution is -2.14. The fraction of sp³-hybridized carbons (Fsp3) is 0.300. The van der Waals surface area contributed by atoms with Gasteiger partial charge in [-0.1, -0.05) is 11.6 Å². The van der Waals surface area contributed by atoms with E-state index in [1.165, 1.54) is 4.88 Å². The maximum Gasteiger partial charge on any atom is 0.185 e. The number of hydrogen-bond donors (Lipinski definition) is 1. The summed E-state index contributed by atoms with van der Waals surface area (Å²) in [7, 11) is 2.02. The van der Waals surface area contributed by atoms with Gasteiger partial charge in [-0.2, -0.15) is 0 Å². The van der Waals surface area contributed by atoms with E-state index in [2.05, 4.69) is 9.88 Å². The molecule has 0 saturated heterocycles. The zero-order valence-corrected chi connectivity index (χ0v) is 11.2. The van der Waals surface area contributed by atoms with Crippen molar-refractivity contribution in [2.24, 2.45) is 5.73 Å². The summed E-state index contributed by atoms with van der Waals surface area (Å²) in [5.41, 5.74) is 5.56. The van der Waals surface area contributed by atoms with Crippen molar-refractivity contribution in [3.05, 3.63) is 32.4 Å². The smallest absolute Gasteiger partial charge is 0.185 e. The first-order valence-electron chi connectivity index (χ1n) is 4.79. The monoisotopic (exact) mass is 273 g/mol. The van der Waals surface area contributed by atoms with Gasteiger partial charge in [0.2, 0.25) is 0 Å². The Morgan fingerprint density at radius 3 is 2.75 bits per heavy atom. The normalized spacial score (nSPS) is 10.7. The third kappa shape index (κ3) is 2.74. The van der Waals surface area contributed by atoms with E-state index in [9.17, 15) is 0 Å². The second kappa shape index (κ2) is 5.14. The molecule has 0 radical (unpaired) electrons. The van der Waals surface area contributed by atoms with Crippen LogP contribution < -0.4 is 10.6 Å². The topological polar surface area (TPSA) is 42.2 Å². The van der Waals surface area contributed by atoms with Crippen molar-refractivity contribution in [1.29, 1.82) is 0 Å². The minimum absolute atomic E-state index is 0.552. The molecular formula is C10H12ClN3S2. The molecule has 2 heterocycles. The van der Waals surface area contributed by atoms with Crippen LogP contribution in [0.3, 0.4) is 0 Å². The molecule has 0 spiro atoms. The maximum atomic E-state index is 5.89. The fourth-order valence-corrected chi connectivity index (χ4v) is 3.20. The largest absolute Gasteiger partial charge is 0.346 e. The zero-order valence-electron chi connectivity index (χ0n) is 8.81. The van der Waals surface area contributed by atoms with Gasteiger partial charge in [0.05, 0.1) is 10.9 Å². The van der Waals surface area contributed by atoms with Crippen molar-refractivity contribution in [3.63, 3.8) is 0 Å². The number of thiazole rings is 1. The highest BCUT2D eigenvalue weighted by Crippen LogP contribution is 2.26. The Labute approximate surface area is 107 Å². The van der Waals surface area contributed by atoms with E-state index in [1.54, 1.807) is 22.7 Å². The van der Waals surface area contributed by atoms with Crippen LogP contribution in [0.2, 0.25) is 4.34 Å². The Balaban J connectivity index is 2.05. The SMILES string of the molecule is CN(Cc1ccc(Cl)s1)c1ncc(CN)s1. The quantitative estimate of drug-likeness (QED) is 0.931. The van der Waals surface area contributed by atoms with Crippen molar-refractivity contribution in [2.45, 2.75) is 13.1 Å². The molecule has 3 nitrogen and oxygen atoms in total. The molecule has 86 valence electrons. The van der Waals surface area contributed by atoms with E-state index in [-0.39, 0.29) is 0 Å². The average molecular weight is 274 g/mol. The molecule has 2 aromatic heterocycles. The molecule has 0 fully saturated rings. The van der Waals surface area contributed by atoms with Crippen LogP contribution in [0.1, 0.15) is 9.75 Å². The molecule has 0 aliphatic carbocycles. The van der Waals surface area contributed by atoms with Gasteiger partial charge in [0.25, 0.3) is 0 Å². The molecule has 0 unspecified atom stereocenters. The molecule has 0 saturated carbocycles. The Morgan fingerprint density at radius 1 is 1.38 bits per heavy atom. The molecule has 0 aliphatic rings. The first kappa shape index (κ1) is 11.9. The van der Waals surface area contributed by atoms with Crippen molar-refractivity contribution in [1.82, 2.24) is 4.98 Å². The molecule has 16 heavy (non-hydrogen) atoms. The van der Waals surface area contributed by atoms with Gasteiger partial charge in [0, 0.05) is 29.5 Å². The summed E-state index contributed by atoms with van der Waals surface area (Å²) in [6.45, 7) is 1.38. The third-order valence-corrected chi connectivity index (χ3v) is 4.44. The summed E-state index contributed by atoms with van der Waals surface area (Å²) in [5, 5.41) is 0.991. The number of rotatable bonds is 4. The number of hydrogen-bond acceptors (Lipinski definition) is 5. The van der Waals surface area contributed by atoms with Gasteiger partial charge in [-0.15, -0.1) is 22.7 Å². The van der Waals surface area contributed by atoms with Gasteiger partial charge in [-0.05, 0) is 12.1 Å². The van der Waals surface area contributed by atoms with Gasteiger partial charge >= 0.3 is 0 Å². The first-order chi connectivity index (χ1) is 7.69. The minimum Gasteiger partial charge on any atom is -0.346 e. The lowest BCUT2D eigenvalue weighted by atomic mass is 10.4. The van der Waals surface area contributed by atoms with Crippen LogP contribution in [0.5, 0.6) is 0 Å². The molecule has 2 N–H and O–H groups in total. The summed E-state index contributed by atoms with van der Waals surface area (Å²) >= 11 is 9.11. The van der Waals surface area contributed by atoms with Crippen molar-refractivity contribution in [2.75, 3.05) is 11.9 Å². The van der Waals surface area contributed by atoms with Crippen molar-refractivity contribution in [3.8, 4) is 0 Å². The van der Waals surface area contributed by atoms with E-state index in [4.69, 9.17) is 17.3 Å². The average Bonchev–Trinajstić information content (AvgIpc) is 2.87. The number of halogens is 1. The van der Waals surface area contributed by atoms with Crippen LogP contribution in [0.4, 0.5) is 5.13 Å². The Morgan fingerprint density at radius 2 is 2.19 bits per heavy atom. The second-order valence-electron chi connectivity index (χ2n) is 3.38. The summed E-state index contributed by atoms with van der Waals surface area (Å²) in [6.07, 6.45) is 1.83. The fourth-order valence-electron chi connectivity index (χ4n) is 1.31. The van der Waals surface area contributed by atoms with Gasteiger partial charge in [0.15, 0.2) is 5.13 Å². The predicted molar refractivity (Wildman–Crippen MR) is 71.4 cm³/mol. The molecule has 0 aromatic carbocycles. The summed E-state index contributed by atoms with van der Waals surface area (Å²) in [4.78, 5) is 8.77. The van der Waals surface area contributed by atoms with Crippen LogP contribution in [0.15, 0.2) is 18.3 Å². The maximum absolute atomic E-state index is 5.89. The molecule has 6 heteroatoms. The zero-order chi connectivity index (χ0) is 11.5. The molecule has 0 aliphatic heterocycles. The lowest BCUT2D eigenvalue weighted by Gasteiger charge is -2.13. The first-order valence-corrected chi connectivity index (χ1v) is 6.80. The van der Waals surface area contributed by atoms with Crippen LogP contribution in [-0.2, 0) is 13.1 Å². The molecule has 0 amide bonds. The van der Waals surface area contributed by atoms with E-state index in [1.807, 2.05) is 25.4 Å². The van der Waals surface area contributed by atoms with Gasteiger partial charge < -0.3 is 10.6 Å². The number of anilines is 1. The number of nitrogens with two attached hydrogens (primary N) is 1. The standard InChI is InChI=1S/C10H12ClN3S2/c1-14(6-7-2-3-9(11)15-7)10-13-5-8(4-12)16-10/h2-3,5H,4,6,12H2,1H3. The lowest BCUT2D eigenvalue weighted by molar-refractivity contribution is 0.930. The number of nitrogens with zero attached hydrogens (tertiary/aromatic N) is 2. The van der Waals surface area contributed by atoms with Crippen molar-refractivity contribution >= 4 is 39.4 Å². The Hall–Kier alpha value is -0.620. The molecular weight excluding hydrogens is 262 g/mol. The van der Waals surface area contributed by atoms with E-state index >= 15 is 0 Å². The van der Waals surface area contributed by atoms with Gasteiger partial charge in [0.1, 0.15) is 0 Å². The molecule has 0 bridgehead atoms. The number of aromatic nitrogens is 1. The highest BCUT2D eigenvalue weighted by atomic mass is 35.5. The Bertz CT molecular complexity index is 466. The summed E-state index contributed by atoms with van der Waals surface area (Å²) in [6, 6.07) is 3.96. The van der Waals surface area contributed by atoms with Gasteiger partial charge in [-0.25, -0.2) is 4.98 Å². The van der Waals surface area contributed by atoms with E-state index < -0.39 is 0 Å². The van der Waals surface area contributed by atoms with Crippen LogP contribution >= 0.6 is 34.3 Å². The van der Waals surface area contributed by atoms with E-state index in [0.717, 1.165) is 20.9 Å². The molecule has 2 rings (SSSR count). The minimum atomic E-state index is 0.552. The highest BCUT2D eigenvalue weighted by Gasteiger charge is 2.08. The molecule has 0 atom stereocenters. The number of thiophene rings is 1. The van der Waals surface area contributed by atoms with Crippen LogP contribution in [0, 0.1) is 0 Å². The molecule has 2 aromatic rings. The summed E-state index contributed by atoms with van der Waals surface area (Å²) in [5.74, 6) is 0. The highest BCUT2D eigenvalue weighted by molar-refractivity contribution is 7.16. The predicted octanol–water partition coefficient (Wildman–Crippen LogP) is 2.95. The third-order valence-electron chi connectivity index (χ3n) is 2.09. The Kier molecular flexibility index (Phi) is 3.81. The van der Waals surface area contributed by atoms with Crippen LogP contribution in [-0.4, -0.2) is 12.0 Å². The van der Waals surface area contributed by atoms with E-state index in [0.29, 0.717) is 6.54 Å². The van der Waals surface area contributed by atoms with Crippen LogP contribution in [0.25, 0.3) is 0 Å². The summed E-state index contributed by atoms with van der Waals surface area (Å²) < 4.78 is 0.824. The van der Waals surface area contributed by atoms with Gasteiger partial charge in [-0.3, -0.25) is 0 Å².